The zero-order chi connectivity index (χ0) is 24.3. The molecule has 1 saturated heterocycles. The largest absolute Gasteiger partial charge is 0.497 e. The zero-order valence-electron chi connectivity index (χ0n) is 19.6. The number of benzene rings is 2. The van der Waals surface area contributed by atoms with E-state index in [4.69, 9.17) is 14.6 Å². The van der Waals surface area contributed by atoms with Gasteiger partial charge in [0.25, 0.3) is 0 Å². The molecule has 0 radical (unpaired) electrons. The van der Waals surface area contributed by atoms with Gasteiger partial charge in [-0.3, -0.25) is 9.59 Å². The summed E-state index contributed by atoms with van der Waals surface area (Å²) >= 11 is 0. The summed E-state index contributed by atoms with van der Waals surface area (Å²) in [6.07, 6.45) is 7.54. The lowest BCUT2D eigenvalue weighted by Crippen LogP contribution is -2.32. The highest BCUT2D eigenvalue weighted by Gasteiger charge is 2.28. The summed E-state index contributed by atoms with van der Waals surface area (Å²) < 4.78 is 11.0. The number of carbonyl (C=O) groups is 2. The second-order valence-electron chi connectivity index (χ2n) is 8.43. The number of carboxylic acid groups (broad SMARTS) is 1. The van der Waals surface area contributed by atoms with E-state index in [1.807, 2.05) is 53.4 Å². The van der Waals surface area contributed by atoms with Gasteiger partial charge in [0, 0.05) is 19.4 Å². The number of aliphatic hydroxyl groups is 1. The van der Waals surface area contributed by atoms with Gasteiger partial charge in [-0.25, -0.2) is 0 Å². The normalized spacial score (nSPS) is 16.7. The van der Waals surface area contributed by atoms with E-state index in [9.17, 15) is 14.7 Å². The summed E-state index contributed by atoms with van der Waals surface area (Å²) in [5.74, 6) is 1.40. The number of amides is 1. The topological polar surface area (TPSA) is 96.3 Å². The fourth-order valence-electron chi connectivity index (χ4n) is 4.04. The fraction of sp³-hybridized carbons (Fsp3) is 0.407. The smallest absolute Gasteiger partial charge is 0.303 e. The van der Waals surface area contributed by atoms with Gasteiger partial charge in [0.1, 0.15) is 17.2 Å². The standard InChI is InChI=1S/C27H33NO6/c1-33-22-12-14-23(15-13-22)34-24-8-6-7-20(19-24)25(29)16-10-21-11-17-26(30)28(21)18-5-3-2-4-9-27(31)32/h6-8,10,12-16,19,21,25,29H,2-5,9,11,17-18H2,1H3,(H,31,32)/t21?,25-/m1/s1. The summed E-state index contributed by atoms with van der Waals surface area (Å²) in [5.41, 5.74) is 0.705. The number of carbonyl (C=O) groups excluding carboxylic acids is 1. The SMILES string of the molecule is COc1ccc(Oc2cccc([C@H](O)C=CC3CCC(=O)N3CCCCCCC(=O)O)c2)cc1. The van der Waals surface area contributed by atoms with Gasteiger partial charge in [0.05, 0.1) is 19.3 Å². The van der Waals surface area contributed by atoms with E-state index >= 15 is 0 Å². The highest BCUT2D eigenvalue weighted by molar-refractivity contribution is 5.79. The lowest BCUT2D eigenvalue weighted by Gasteiger charge is -2.22. The summed E-state index contributed by atoms with van der Waals surface area (Å²) in [6, 6.07) is 14.6. The van der Waals surface area contributed by atoms with Crippen LogP contribution in [-0.4, -0.2) is 46.7 Å². The molecule has 0 saturated carbocycles. The number of aliphatic hydroxyl groups excluding tert-OH is 1. The number of carboxylic acids is 1. The van der Waals surface area contributed by atoms with Crippen molar-refractivity contribution >= 4 is 11.9 Å². The number of unbranched alkanes of at least 4 members (excludes halogenated alkanes) is 3. The molecule has 0 aromatic heterocycles. The third-order valence-electron chi connectivity index (χ3n) is 5.92. The Morgan fingerprint density at radius 1 is 1.09 bits per heavy atom. The predicted molar refractivity (Wildman–Crippen MR) is 129 cm³/mol. The number of ether oxygens (including phenoxy) is 2. The first-order valence-electron chi connectivity index (χ1n) is 11.8. The number of methoxy groups -OCH3 is 1. The van der Waals surface area contributed by atoms with Crippen LogP contribution in [0.2, 0.25) is 0 Å². The van der Waals surface area contributed by atoms with Gasteiger partial charge in [-0.15, -0.1) is 0 Å². The Kier molecular flexibility index (Phi) is 9.52. The number of nitrogens with zero attached hydrogens (tertiary/aromatic N) is 1. The molecule has 1 unspecified atom stereocenters. The Balaban J connectivity index is 1.53. The molecule has 3 rings (SSSR count). The Morgan fingerprint density at radius 2 is 1.82 bits per heavy atom. The van der Waals surface area contributed by atoms with Gasteiger partial charge in [0.2, 0.25) is 5.91 Å². The molecular weight excluding hydrogens is 434 g/mol. The third-order valence-corrected chi connectivity index (χ3v) is 5.92. The number of aliphatic carboxylic acids is 1. The zero-order valence-corrected chi connectivity index (χ0v) is 19.6. The summed E-state index contributed by atoms with van der Waals surface area (Å²) in [5, 5.41) is 19.4. The Hall–Kier alpha value is -3.32. The van der Waals surface area contributed by atoms with Gasteiger partial charge in [-0.2, -0.15) is 0 Å². The first-order chi connectivity index (χ1) is 16.5. The second-order valence-corrected chi connectivity index (χ2v) is 8.43. The first-order valence-corrected chi connectivity index (χ1v) is 11.8. The molecule has 1 heterocycles. The molecule has 1 amide bonds. The predicted octanol–water partition coefficient (Wildman–Crippen LogP) is 5.10. The molecule has 0 bridgehead atoms. The van der Waals surface area contributed by atoms with E-state index in [2.05, 4.69) is 0 Å². The molecule has 2 N–H and O–H groups in total. The third kappa shape index (κ3) is 7.63. The van der Waals surface area contributed by atoms with Crippen molar-refractivity contribution in [3.05, 3.63) is 66.2 Å². The van der Waals surface area contributed by atoms with Crippen molar-refractivity contribution in [2.45, 2.75) is 57.1 Å². The monoisotopic (exact) mass is 467 g/mol. The highest BCUT2D eigenvalue weighted by Crippen LogP contribution is 2.27. The molecule has 1 aliphatic heterocycles. The van der Waals surface area contributed by atoms with Crippen LogP contribution in [0.1, 0.15) is 56.6 Å². The van der Waals surface area contributed by atoms with Crippen molar-refractivity contribution in [2.75, 3.05) is 13.7 Å². The van der Waals surface area contributed by atoms with Gasteiger partial charge in [0.15, 0.2) is 0 Å². The van der Waals surface area contributed by atoms with Crippen molar-refractivity contribution in [1.82, 2.24) is 4.90 Å². The van der Waals surface area contributed by atoms with Crippen molar-refractivity contribution in [3.63, 3.8) is 0 Å². The van der Waals surface area contributed by atoms with Crippen LogP contribution >= 0.6 is 0 Å². The lowest BCUT2D eigenvalue weighted by atomic mass is 10.1. The van der Waals surface area contributed by atoms with Gasteiger partial charge < -0.3 is 24.6 Å². The van der Waals surface area contributed by atoms with E-state index in [1.54, 1.807) is 19.3 Å². The minimum atomic E-state index is -0.812. The van der Waals surface area contributed by atoms with Crippen LogP contribution in [-0.2, 0) is 9.59 Å². The van der Waals surface area contributed by atoms with E-state index in [1.165, 1.54) is 0 Å². The number of likely N-dealkylation sites (tertiary alicyclic amines) is 1. The molecule has 182 valence electrons. The van der Waals surface area contributed by atoms with Crippen LogP contribution in [0, 0.1) is 0 Å². The van der Waals surface area contributed by atoms with Crippen LogP contribution in [0.15, 0.2) is 60.7 Å². The van der Waals surface area contributed by atoms with Crippen molar-refractivity contribution < 1.29 is 29.3 Å². The first kappa shape index (κ1) is 25.3. The Morgan fingerprint density at radius 3 is 2.56 bits per heavy atom. The molecule has 1 fully saturated rings. The summed E-state index contributed by atoms with van der Waals surface area (Å²) in [6.45, 7) is 0.655. The number of hydrogen-bond acceptors (Lipinski definition) is 5. The highest BCUT2D eigenvalue weighted by atomic mass is 16.5. The molecule has 2 atom stereocenters. The van der Waals surface area contributed by atoms with Crippen LogP contribution in [0.4, 0.5) is 0 Å². The number of rotatable bonds is 13. The maximum atomic E-state index is 12.3. The van der Waals surface area contributed by atoms with Gasteiger partial charge >= 0.3 is 5.97 Å². The molecule has 2 aromatic rings. The Bertz CT molecular complexity index is 971. The van der Waals surface area contributed by atoms with Crippen molar-refractivity contribution in [3.8, 4) is 17.2 Å². The molecule has 7 nitrogen and oxygen atoms in total. The van der Waals surface area contributed by atoms with Crippen LogP contribution < -0.4 is 9.47 Å². The van der Waals surface area contributed by atoms with Crippen LogP contribution in [0.25, 0.3) is 0 Å². The average molecular weight is 468 g/mol. The molecular formula is C27H33NO6. The molecule has 2 aromatic carbocycles. The van der Waals surface area contributed by atoms with E-state index < -0.39 is 12.1 Å². The van der Waals surface area contributed by atoms with E-state index in [0.29, 0.717) is 36.4 Å². The Labute approximate surface area is 200 Å². The fourth-order valence-corrected chi connectivity index (χ4v) is 4.04. The molecule has 34 heavy (non-hydrogen) atoms. The maximum absolute atomic E-state index is 12.3. The minimum Gasteiger partial charge on any atom is -0.497 e. The van der Waals surface area contributed by atoms with E-state index in [0.717, 1.165) is 31.4 Å². The van der Waals surface area contributed by atoms with Crippen molar-refractivity contribution in [2.24, 2.45) is 0 Å². The lowest BCUT2D eigenvalue weighted by molar-refractivity contribution is -0.137. The number of hydrogen-bond donors (Lipinski definition) is 2. The second kappa shape index (κ2) is 12.8. The summed E-state index contributed by atoms with van der Waals surface area (Å²) in [7, 11) is 1.61. The molecule has 1 aliphatic rings. The van der Waals surface area contributed by atoms with Gasteiger partial charge in [-0.1, -0.05) is 37.1 Å². The molecule has 0 aliphatic carbocycles. The molecule has 0 spiro atoms. The van der Waals surface area contributed by atoms with Crippen molar-refractivity contribution in [1.29, 1.82) is 0 Å². The molecule has 7 heteroatoms. The van der Waals surface area contributed by atoms with Crippen LogP contribution in [0.5, 0.6) is 17.2 Å². The average Bonchev–Trinajstić information content (AvgIpc) is 3.19. The van der Waals surface area contributed by atoms with Gasteiger partial charge in [-0.05, 0) is 61.2 Å². The van der Waals surface area contributed by atoms with Crippen LogP contribution in [0.3, 0.4) is 0 Å². The summed E-state index contributed by atoms with van der Waals surface area (Å²) in [4.78, 5) is 24.7. The van der Waals surface area contributed by atoms with E-state index in [-0.39, 0.29) is 18.4 Å². The quantitative estimate of drug-likeness (QED) is 0.314. The minimum absolute atomic E-state index is 0.0279. The maximum Gasteiger partial charge on any atom is 0.303 e.